The zero-order valence-electron chi connectivity index (χ0n) is 19.1. The van der Waals surface area contributed by atoms with E-state index < -0.39 is 12.3 Å². The Bertz CT molecular complexity index is 1220. The number of anilines is 1. The number of hydrogen-bond acceptors (Lipinski definition) is 7. The minimum Gasteiger partial charge on any atom is -0.364 e. The van der Waals surface area contributed by atoms with Crippen molar-refractivity contribution in [3.8, 4) is 0 Å². The smallest absolute Gasteiger partial charge is 0.267 e. The molecule has 0 bridgehead atoms. The number of aromatic nitrogens is 4. The molecular formula is C23H26F2N8O2. The first kappa shape index (κ1) is 23.1. The van der Waals surface area contributed by atoms with Crippen LogP contribution in [0.4, 0.5) is 14.7 Å². The van der Waals surface area contributed by atoms with Gasteiger partial charge in [0.25, 0.3) is 12.3 Å². The second-order valence-electron chi connectivity index (χ2n) is 8.99. The maximum atomic E-state index is 12.8. The predicted octanol–water partition coefficient (Wildman–Crippen LogP) is 1.14. The van der Waals surface area contributed by atoms with E-state index in [4.69, 9.17) is 5.73 Å². The largest absolute Gasteiger partial charge is 0.364 e. The third-order valence-corrected chi connectivity index (χ3v) is 6.54. The Kier molecular flexibility index (Phi) is 6.29. The van der Waals surface area contributed by atoms with E-state index in [1.165, 1.54) is 0 Å². The minimum atomic E-state index is -2.59. The number of hydrogen-bond donors (Lipinski definition) is 1. The minimum absolute atomic E-state index is 0.0799. The Balaban J connectivity index is 1.08. The fourth-order valence-electron chi connectivity index (χ4n) is 4.60. The topological polar surface area (TPSA) is 113 Å². The molecule has 2 amide bonds. The van der Waals surface area contributed by atoms with E-state index in [1.807, 2.05) is 32.7 Å². The summed E-state index contributed by atoms with van der Waals surface area (Å²) < 4.78 is 27.4. The number of primary amides is 1. The van der Waals surface area contributed by atoms with Gasteiger partial charge in [-0.3, -0.25) is 14.5 Å². The summed E-state index contributed by atoms with van der Waals surface area (Å²) in [7, 11) is 0. The standard InChI is InChI=1S/C23H26F2N8O2/c24-20(25)17-9-27-23(28-10-17)32-7-5-31(6-8-32)19(34)14-30-11-15(12-30)13-33-4-3-16-1-2-18(21(26)35)29-22(16)33/h1-4,9-10,15,20H,5-8,11-14H2,(H2,26,35). The first-order valence-corrected chi connectivity index (χ1v) is 11.5. The molecule has 2 N–H and O–H groups in total. The molecule has 10 nitrogen and oxygen atoms in total. The average Bonchev–Trinajstić information content (AvgIpc) is 3.24. The molecule has 3 aromatic heterocycles. The summed E-state index contributed by atoms with van der Waals surface area (Å²) in [4.78, 5) is 42.5. The quantitative estimate of drug-likeness (QED) is 0.535. The van der Waals surface area contributed by atoms with Crippen LogP contribution in [0.1, 0.15) is 22.5 Å². The molecule has 0 radical (unpaired) electrons. The van der Waals surface area contributed by atoms with Crippen molar-refractivity contribution in [3.05, 3.63) is 48.0 Å². The zero-order chi connectivity index (χ0) is 24.5. The molecule has 5 heterocycles. The van der Waals surface area contributed by atoms with Crippen molar-refractivity contribution in [2.45, 2.75) is 13.0 Å². The third-order valence-electron chi connectivity index (χ3n) is 6.54. The maximum Gasteiger partial charge on any atom is 0.267 e. The molecule has 0 aliphatic carbocycles. The van der Waals surface area contributed by atoms with Gasteiger partial charge < -0.3 is 20.1 Å². The van der Waals surface area contributed by atoms with Crippen molar-refractivity contribution >= 4 is 28.8 Å². The van der Waals surface area contributed by atoms with Crippen LogP contribution in [0.25, 0.3) is 11.0 Å². The second kappa shape index (κ2) is 9.53. The summed E-state index contributed by atoms with van der Waals surface area (Å²) >= 11 is 0. The van der Waals surface area contributed by atoms with Crippen molar-refractivity contribution < 1.29 is 18.4 Å². The van der Waals surface area contributed by atoms with Crippen molar-refractivity contribution in [1.82, 2.24) is 29.3 Å². The predicted molar refractivity (Wildman–Crippen MR) is 124 cm³/mol. The van der Waals surface area contributed by atoms with Crippen molar-refractivity contribution in [2.75, 3.05) is 50.7 Å². The normalized spacial score (nSPS) is 17.2. The van der Waals surface area contributed by atoms with Gasteiger partial charge in [0.1, 0.15) is 11.3 Å². The highest BCUT2D eigenvalue weighted by Gasteiger charge is 2.31. The Labute approximate surface area is 200 Å². The number of rotatable bonds is 7. The molecular weight excluding hydrogens is 458 g/mol. The summed E-state index contributed by atoms with van der Waals surface area (Å²) in [5.41, 5.74) is 6.13. The van der Waals surface area contributed by atoms with E-state index in [-0.39, 0.29) is 17.2 Å². The van der Waals surface area contributed by atoms with Gasteiger partial charge in [0.15, 0.2) is 0 Å². The fraction of sp³-hybridized carbons (Fsp3) is 0.435. The number of amides is 2. The Hall–Kier alpha value is -3.67. The lowest BCUT2D eigenvalue weighted by Crippen LogP contribution is -2.55. The highest BCUT2D eigenvalue weighted by molar-refractivity contribution is 5.93. The number of likely N-dealkylation sites (tertiary alicyclic amines) is 1. The first-order chi connectivity index (χ1) is 16.9. The van der Waals surface area contributed by atoms with Gasteiger partial charge in [-0.05, 0) is 18.2 Å². The van der Waals surface area contributed by atoms with Crippen LogP contribution < -0.4 is 10.6 Å². The van der Waals surface area contributed by atoms with E-state index in [1.54, 1.807) is 6.07 Å². The van der Waals surface area contributed by atoms with Crippen LogP contribution in [0.2, 0.25) is 0 Å². The molecule has 0 aromatic carbocycles. The molecule has 0 spiro atoms. The Morgan fingerprint density at radius 1 is 1.06 bits per heavy atom. The second-order valence-corrected chi connectivity index (χ2v) is 8.99. The molecule has 2 fully saturated rings. The van der Waals surface area contributed by atoms with E-state index in [9.17, 15) is 18.4 Å². The van der Waals surface area contributed by atoms with Crippen LogP contribution in [-0.2, 0) is 11.3 Å². The monoisotopic (exact) mass is 484 g/mol. The molecule has 2 aliphatic heterocycles. The maximum absolute atomic E-state index is 12.8. The number of halogens is 2. The zero-order valence-corrected chi connectivity index (χ0v) is 19.1. The molecule has 35 heavy (non-hydrogen) atoms. The Morgan fingerprint density at radius 3 is 2.43 bits per heavy atom. The summed E-state index contributed by atoms with van der Waals surface area (Å²) in [6, 6.07) is 5.43. The van der Waals surface area contributed by atoms with Crippen LogP contribution >= 0.6 is 0 Å². The van der Waals surface area contributed by atoms with E-state index in [2.05, 4.69) is 19.9 Å². The molecule has 5 rings (SSSR count). The highest BCUT2D eigenvalue weighted by Crippen LogP contribution is 2.22. The number of pyridine rings is 1. The van der Waals surface area contributed by atoms with Gasteiger partial charge in [-0.15, -0.1) is 0 Å². The fourth-order valence-corrected chi connectivity index (χ4v) is 4.60. The van der Waals surface area contributed by atoms with Gasteiger partial charge in [0.05, 0.1) is 12.1 Å². The lowest BCUT2D eigenvalue weighted by Gasteiger charge is -2.41. The molecule has 3 aromatic rings. The number of nitrogens with two attached hydrogens (primary N) is 1. The Morgan fingerprint density at radius 2 is 1.77 bits per heavy atom. The van der Waals surface area contributed by atoms with Gasteiger partial charge in [-0.25, -0.2) is 23.7 Å². The lowest BCUT2D eigenvalue weighted by molar-refractivity contribution is -0.134. The van der Waals surface area contributed by atoms with Crippen LogP contribution in [-0.4, -0.2) is 86.9 Å². The highest BCUT2D eigenvalue weighted by atomic mass is 19.3. The molecule has 0 unspecified atom stereocenters. The van der Waals surface area contributed by atoms with E-state index >= 15 is 0 Å². The molecule has 2 saturated heterocycles. The lowest BCUT2D eigenvalue weighted by atomic mass is 10.00. The van der Waals surface area contributed by atoms with Crippen LogP contribution in [0.5, 0.6) is 0 Å². The number of carbonyl (C=O) groups is 2. The molecule has 0 saturated carbocycles. The number of nitrogens with zero attached hydrogens (tertiary/aromatic N) is 7. The van der Waals surface area contributed by atoms with Crippen molar-refractivity contribution in [2.24, 2.45) is 11.7 Å². The molecule has 12 heteroatoms. The van der Waals surface area contributed by atoms with Gasteiger partial charge in [-0.2, -0.15) is 0 Å². The summed E-state index contributed by atoms with van der Waals surface area (Å²) in [5.74, 6) is 0.326. The number of piperazine rings is 1. The number of carbonyl (C=O) groups excluding carboxylic acids is 2. The molecule has 2 aliphatic rings. The van der Waals surface area contributed by atoms with E-state index in [0.717, 1.165) is 43.1 Å². The van der Waals surface area contributed by atoms with Crippen LogP contribution in [0, 0.1) is 5.92 Å². The van der Waals surface area contributed by atoms with Crippen molar-refractivity contribution in [3.63, 3.8) is 0 Å². The van der Waals surface area contributed by atoms with Gasteiger partial charge in [0, 0.05) is 75.7 Å². The van der Waals surface area contributed by atoms with E-state index in [0.29, 0.717) is 44.6 Å². The molecule has 0 atom stereocenters. The third kappa shape index (κ3) is 4.92. The van der Waals surface area contributed by atoms with Crippen LogP contribution in [0.15, 0.2) is 36.8 Å². The van der Waals surface area contributed by atoms with Gasteiger partial charge in [-0.1, -0.05) is 0 Å². The van der Waals surface area contributed by atoms with Gasteiger partial charge >= 0.3 is 0 Å². The number of fused-ring (bicyclic) bond motifs is 1. The average molecular weight is 485 g/mol. The first-order valence-electron chi connectivity index (χ1n) is 11.5. The summed E-state index contributed by atoms with van der Waals surface area (Å²) in [6.45, 7) is 4.95. The summed E-state index contributed by atoms with van der Waals surface area (Å²) in [5, 5.41) is 0.955. The number of alkyl halides is 2. The van der Waals surface area contributed by atoms with Gasteiger partial charge in [0.2, 0.25) is 11.9 Å². The summed E-state index contributed by atoms with van der Waals surface area (Å²) in [6.07, 6.45) is 1.66. The van der Waals surface area contributed by atoms with Crippen molar-refractivity contribution in [1.29, 1.82) is 0 Å². The molecule has 184 valence electrons. The SMILES string of the molecule is NC(=O)c1ccc2ccn(CC3CN(CC(=O)N4CCN(c5ncc(C(F)F)cn5)CC4)C3)c2n1. The van der Waals surface area contributed by atoms with Crippen LogP contribution in [0.3, 0.4) is 0 Å².